The van der Waals surface area contributed by atoms with Crippen LogP contribution in [0.4, 0.5) is 10.1 Å². The van der Waals surface area contributed by atoms with Gasteiger partial charge in [0, 0.05) is 18.8 Å². The summed E-state index contributed by atoms with van der Waals surface area (Å²) in [6.45, 7) is 2.90. The van der Waals surface area contributed by atoms with Gasteiger partial charge in [-0.3, -0.25) is 0 Å². The Balaban J connectivity index is 2.31. The molecule has 1 aromatic carbocycles. The highest BCUT2D eigenvalue weighted by atomic mass is 32.2. The van der Waals surface area contributed by atoms with Crippen molar-refractivity contribution in [2.24, 2.45) is 5.92 Å². The first-order valence-corrected chi connectivity index (χ1v) is 7.93. The summed E-state index contributed by atoms with van der Waals surface area (Å²) in [6.07, 6.45) is 2.87. The van der Waals surface area contributed by atoms with E-state index in [1.165, 1.54) is 10.4 Å². The summed E-state index contributed by atoms with van der Waals surface area (Å²) in [5.41, 5.74) is 5.65. The minimum absolute atomic E-state index is 0.0564. The van der Waals surface area contributed by atoms with Crippen molar-refractivity contribution in [2.75, 3.05) is 18.8 Å². The Morgan fingerprint density at radius 3 is 2.58 bits per heavy atom. The molecule has 1 saturated carbocycles. The Hall–Kier alpha value is -1.14. The molecular formula is C13H19FN2O2S. The lowest BCUT2D eigenvalue weighted by molar-refractivity contribution is 0.395. The van der Waals surface area contributed by atoms with Gasteiger partial charge in [0.15, 0.2) is 0 Å². The Labute approximate surface area is 113 Å². The van der Waals surface area contributed by atoms with Crippen LogP contribution in [-0.4, -0.2) is 25.8 Å². The lowest BCUT2D eigenvalue weighted by atomic mass is 10.3. The van der Waals surface area contributed by atoms with Gasteiger partial charge in [0.1, 0.15) is 5.82 Å². The Morgan fingerprint density at radius 1 is 1.37 bits per heavy atom. The molecule has 0 radical (unpaired) electrons. The lowest BCUT2D eigenvalue weighted by Crippen LogP contribution is -2.33. The predicted octanol–water partition coefficient (Wildman–Crippen LogP) is 2.22. The largest absolute Gasteiger partial charge is 0.399 e. The number of nitrogens with two attached hydrogens (primary N) is 1. The number of nitrogen functional groups attached to an aromatic ring is 1. The molecule has 1 fully saturated rings. The molecule has 0 spiro atoms. The Morgan fingerprint density at radius 2 is 2.05 bits per heavy atom. The summed E-state index contributed by atoms with van der Waals surface area (Å²) in [5.74, 6) is -0.173. The van der Waals surface area contributed by atoms with Gasteiger partial charge in [0.25, 0.3) is 0 Å². The van der Waals surface area contributed by atoms with Crippen molar-refractivity contribution in [3.63, 3.8) is 0 Å². The first-order chi connectivity index (χ1) is 8.93. The van der Waals surface area contributed by atoms with E-state index < -0.39 is 15.8 Å². The van der Waals surface area contributed by atoms with E-state index in [4.69, 9.17) is 5.73 Å². The smallest absolute Gasteiger partial charge is 0.243 e. The van der Waals surface area contributed by atoms with Crippen molar-refractivity contribution in [2.45, 2.75) is 31.1 Å². The Bertz CT molecular complexity index is 536. The van der Waals surface area contributed by atoms with Crippen LogP contribution in [-0.2, 0) is 10.0 Å². The fraction of sp³-hybridized carbons (Fsp3) is 0.538. The third kappa shape index (κ3) is 3.45. The second kappa shape index (κ2) is 5.46. The van der Waals surface area contributed by atoms with Gasteiger partial charge in [-0.25, -0.2) is 12.8 Å². The van der Waals surface area contributed by atoms with Crippen molar-refractivity contribution in [3.8, 4) is 0 Å². The van der Waals surface area contributed by atoms with Crippen LogP contribution >= 0.6 is 0 Å². The fourth-order valence-electron chi connectivity index (χ4n) is 2.03. The van der Waals surface area contributed by atoms with E-state index in [0.717, 1.165) is 31.4 Å². The van der Waals surface area contributed by atoms with Crippen LogP contribution in [0.1, 0.15) is 26.2 Å². The van der Waals surface area contributed by atoms with Crippen molar-refractivity contribution >= 4 is 15.7 Å². The molecule has 6 heteroatoms. The van der Waals surface area contributed by atoms with Crippen LogP contribution in [0, 0.1) is 11.7 Å². The number of halogens is 1. The predicted molar refractivity (Wildman–Crippen MR) is 72.6 cm³/mol. The van der Waals surface area contributed by atoms with Crippen LogP contribution in [0.15, 0.2) is 23.1 Å². The molecule has 0 heterocycles. The molecule has 4 nitrogen and oxygen atoms in total. The number of hydrogen-bond donors (Lipinski definition) is 1. The SMILES string of the molecule is CCCN(CC1CC1)S(=O)(=O)c1cc(N)cc(F)c1. The molecular weight excluding hydrogens is 267 g/mol. The topological polar surface area (TPSA) is 63.4 Å². The van der Waals surface area contributed by atoms with E-state index in [1.54, 1.807) is 0 Å². The van der Waals surface area contributed by atoms with Gasteiger partial charge in [0.2, 0.25) is 10.0 Å². The van der Waals surface area contributed by atoms with Gasteiger partial charge in [-0.1, -0.05) is 6.92 Å². The zero-order chi connectivity index (χ0) is 14.0. The number of hydrogen-bond acceptors (Lipinski definition) is 3. The molecule has 19 heavy (non-hydrogen) atoms. The molecule has 1 aromatic rings. The standard InChI is InChI=1S/C13H19FN2O2S/c1-2-5-16(9-10-3-4-10)19(17,18)13-7-11(14)6-12(15)8-13/h6-8,10H,2-5,9,15H2,1H3. The van der Waals surface area contributed by atoms with Crippen LogP contribution in [0.25, 0.3) is 0 Å². The van der Waals surface area contributed by atoms with Crippen LogP contribution in [0.2, 0.25) is 0 Å². The molecule has 0 saturated heterocycles. The fourth-order valence-corrected chi connectivity index (χ4v) is 3.70. The maximum absolute atomic E-state index is 13.3. The molecule has 0 unspecified atom stereocenters. The molecule has 2 rings (SSSR count). The van der Waals surface area contributed by atoms with E-state index in [2.05, 4.69) is 0 Å². The van der Waals surface area contributed by atoms with Gasteiger partial charge in [-0.15, -0.1) is 0 Å². The minimum Gasteiger partial charge on any atom is -0.399 e. The van der Waals surface area contributed by atoms with Crippen molar-refractivity contribution < 1.29 is 12.8 Å². The number of rotatable bonds is 6. The van der Waals surface area contributed by atoms with Crippen LogP contribution < -0.4 is 5.73 Å². The van der Waals surface area contributed by atoms with E-state index >= 15 is 0 Å². The number of benzene rings is 1. The average Bonchev–Trinajstić information content (AvgIpc) is 3.11. The monoisotopic (exact) mass is 286 g/mol. The lowest BCUT2D eigenvalue weighted by Gasteiger charge is -2.21. The first-order valence-electron chi connectivity index (χ1n) is 6.49. The third-order valence-electron chi connectivity index (χ3n) is 3.16. The Kier molecular flexibility index (Phi) is 4.10. The maximum Gasteiger partial charge on any atom is 0.243 e. The first kappa shape index (κ1) is 14.3. The normalized spacial score (nSPS) is 15.9. The molecule has 0 amide bonds. The van der Waals surface area contributed by atoms with E-state index in [0.29, 0.717) is 19.0 Å². The second-order valence-electron chi connectivity index (χ2n) is 5.03. The molecule has 106 valence electrons. The summed E-state index contributed by atoms with van der Waals surface area (Å²) < 4.78 is 39.8. The third-order valence-corrected chi connectivity index (χ3v) is 5.01. The van der Waals surface area contributed by atoms with Crippen LogP contribution in [0.5, 0.6) is 0 Å². The van der Waals surface area contributed by atoms with Crippen molar-refractivity contribution in [1.82, 2.24) is 4.31 Å². The van der Waals surface area contributed by atoms with Crippen molar-refractivity contribution in [1.29, 1.82) is 0 Å². The average molecular weight is 286 g/mol. The van der Waals surface area contributed by atoms with Crippen LogP contribution in [0.3, 0.4) is 0 Å². The number of sulfonamides is 1. The summed E-state index contributed by atoms with van der Waals surface area (Å²) in [5, 5.41) is 0. The maximum atomic E-state index is 13.3. The minimum atomic E-state index is -3.65. The van der Waals surface area contributed by atoms with E-state index in [1.807, 2.05) is 6.92 Å². The zero-order valence-corrected chi connectivity index (χ0v) is 11.8. The highest BCUT2D eigenvalue weighted by Gasteiger charge is 2.31. The summed E-state index contributed by atoms with van der Waals surface area (Å²) in [6, 6.07) is 3.46. The molecule has 1 aliphatic carbocycles. The highest BCUT2D eigenvalue weighted by molar-refractivity contribution is 7.89. The summed E-state index contributed by atoms with van der Waals surface area (Å²) >= 11 is 0. The van der Waals surface area contributed by atoms with E-state index in [-0.39, 0.29) is 10.6 Å². The molecule has 1 aliphatic rings. The summed E-state index contributed by atoms with van der Waals surface area (Å²) in [4.78, 5) is -0.0564. The number of anilines is 1. The van der Waals surface area contributed by atoms with Gasteiger partial charge >= 0.3 is 0 Å². The van der Waals surface area contributed by atoms with Crippen molar-refractivity contribution in [3.05, 3.63) is 24.0 Å². The number of nitrogens with zero attached hydrogens (tertiary/aromatic N) is 1. The molecule has 0 aliphatic heterocycles. The quantitative estimate of drug-likeness (QED) is 0.816. The van der Waals surface area contributed by atoms with E-state index in [9.17, 15) is 12.8 Å². The summed E-state index contributed by atoms with van der Waals surface area (Å²) in [7, 11) is -3.65. The van der Waals surface area contributed by atoms with Gasteiger partial charge in [-0.05, 0) is 43.4 Å². The molecule has 0 atom stereocenters. The molecule has 2 N–H and O–H groups in total. The zero-order valence-electron chi connectivity index (χ0n) is 11.0. The molecule has 0 aromatic heterocycles. The van der Waals surface area contributed by atoms with Gasteiger partial charge in [-0.2, -0.15) is 4.31 Å². The molecule has 0 bridgehead atoms. The highest BCUT2D eigenvalue weighted by Crippen LogP contribution is 2.32. The van der Waals surface area contributed by atoms with Gasteiger partial charge in [0.05, 0.1) is 4.90 Å². The second-order valence-corrected chi connectivity index (χ2v) is 6.96. The van der Waals surface area contributed by atoms with Gasteiger partial charge < -0.3 is 5.73 Å².